The molecule has 4 nitrogen and oxygen atoms in total. The Hall–Kier alpha value is -2.14. The zero-order chi connectivity index (χ0) is 14.5. The lowest BCUT2D eigenvalue weighted by atomic mass is 10.1. The summed E-state index contributed by atoms with van der Waals surface area (Å²) < 4.78 is 0.706. The Labute approximate surface area is 124 Å². The molecule has 0 unspecified atom stereocenters. The summed E-state index contributed by atoms with van der Waals surface area (Å²) in [5.41, 5.74) is 1.22. The first kappa shape index (κ1) is 14.3. The fourth-order valence-electron chi connectivity index (χ4n) is 1.78. The second-order valence-electron chi connectivity index (χ2n) is 4.21. The van der Waals surface area contributed by atoms with E-state index in [4.69, 9.17) is 5.11 Å². The van der Waals surface area contributed by atoms with E-state index in [0.717, 1.165) is 5.56 Å². The minimum absolute atomic E-state index is 0.0645. The van der Waals surface area contributed by atoms with Crippen molar-refractivity contribution < 1.29 is 14.7 Å². The first-order chi connectivity index (χ1) is 9.56. The summed E-state index contributed by atoms with van der Waals surface area (Å²) in [6.07, 6.45) is 0.201. The minimum Gasteiger partial charge on any atom is -0.478 e. The SMILES string of the molecule is O=C(Cc1ccccc1)Nc1cc(Br)ccc1C(=O)O. The Morgan fingerprint density at radius 3 is 2.45 bits per heavy atom. The molecule has 0 aromatic heterocycles. The fraction of sp³-hybridized carbons (Fsp3) is 0.0667. The van der Waals surface area contributed by atoms with Gasteiger partial charge >= 0.3 is 5.97 Å². The molecule has 0 spiro atoms. The number of amides is 1. The van der Waals surface area contributed by atoms with Gasteiger partial charge in [0.1, 0.15) is 0 Å². The molecular formula is C15H12BrNO3. The average molecular weight is 334 g/mol. The Kier molecular flexibility index (Phi) is 4.53. The summed E-state index contributed by atoms with van der Waals surface area (Å²) in [5, 5.41) is 11.7. The summed E-state index contributed by atoms with van der Waals surface area (Å²) in [6.45, 7) is 0. The van der Waals surface area contributed by atoms with Crippen molar-refractivity contribution in [3.8, 4) is 0 Å². The van der Waals surface area contributed by atoms with Gasteiger partial charge in [-0.15, -0.1) is 0 Å². The van der Waals surface area contributed by atoms with Crippen molar-refractivity contribution in [3.05, 3.63) is 64.1 Å². The van der Waals surface area contributed by atoms with Gasteiger partial charge < -0.3 is 10.4 Å². The Morgan fingerprint density at radius 1 is 1.10 bits per heavy atom. The van der Waals surface area contributed by atoms with Gasteiger partial charge in [0.15, 0.2) is 0 Å². The van der Waals surface area contributed by atoms with E-state index >= 15 is 0 Å². The number of rotatable bonds is 4. The van der Waals surface area contributed by atoms with Crippen LogP contribution in [0.4, 0.5) is 5.69 Å². The number of aromatic carboxylic acids is 1. The van der Waals surface area contributed by atoms with Crippen molar-refractivity contribution in [2.75, 3.05) is 5.32 Å². The number of carboxylic acids is 1. The van der Waals surface area contributed by atoms with Crippen molar-refractivity contribution in [1.29, 1.82) is 0 Å². The molecule has 0 aliphatic heterocycles. The van der Waals surface area contributed by atoms with Crippen LogP contribution in [0.25, 0.3) is 0 Å². The lowest BCUT2D eigenvalue weighted by Gasteiger charge is -2.09. The molecule has 0 fully saturated rings. The number of carbonyl (C=O) groups excluding carboxylic acids is 1. The molecule has 0 saturated carbocycles. The third-order valence-corrected chi connectivity index (χ3v) is 3.19. The number of halogens is 1. The molecule has 0 heterocycles. The molecule has 2 aromatic carbocycles. The fourth-order valence-corrected chi connectivity index (χ4v) is 2.14. The van der Waals surface area contributed by atoms with Crippen molar-refractivity contribution in [3.63, 3.8) is 0 Å². The van der Waals surface area contributed by atoms with Gasteiger partial charge in [0.05, 0.1) is 17.7 Å². The number of anilines is 1. The summed E-state index contributed by atoms with van der Waals surface area (Å²) in [7, 11) is 0. The highest BCUT2D eigenvalue weighted by molar-refractivity contribution is 9.10. The van der Waals surface area contributed by atoms with Gasteiger partial charge in [-0.2, -0.15) is 0 Å². The summed E-state index contributed by atoms with van der Waals surface area (Å²) in [6, 6.07) is 13.9. The number of carboxylic acid groups (broad SMARTS) is 1. The molecule has 0 radical (unpaired) electrons. The van der Waals surface area contributed by atoms with Gasteiger partial charge in [-0.05, 0) is 23.8 Å². The van der Waals surface area contributed by atoms with Gasteiger partial charge in [0.2, 0.25) is 5.91 Å². The number of benzene rings is 2. The van der Waals surface area contributed by atoms with Gasteiger partial charge in [-0.25, -0.2) is 4.79 Å². The van der Waals surface area contributed by atoms with E-state index in [-0.39, 0.29) is 23.6 Å². The predicted octanol–water partition coefficient (Wildman–Crippen LogP) is 3.33. The van der Waals surface area contributed by atoms with Crippen LogP contribution in [0, 0.1) is 0 Å². The first-order valence-electron chi connectivity index (χ1n) is 5.93. The maximum Gasteiger partial charge on any atom is 0.337 e. The standard InChI is InChI=1S/C15H12BrNO3/c16-11-6-7-12(15(19)20)13(9-11)17-14(18)8-10-4-2-1-3-5-10/h1-7,9H,8H2,(H,17,18)(H,19,20). The van der Waals surface area contributed by atoms with Gasteiger partial charge in [0, 0.05) is 4.47 Å². The number of nitrogens with one attached hydrogen (secondary N) is 1. The van der Waals surface area contributed by atoms with Crippen molar-refractivity contribution in [1.82, 2.24) is 0 Å². The highest BCUT2D eigenvalue weighted by atomic mass is 79.9. The third kappa shape index (κ3) is 3.68. The Balaban J connectivity index is 2.15. The van der Waals surface area contributed by atoms with Crippen LogP contribution in [0.1, 0.15) is 15.9 Å². The molecule has 0 aliphatic carbocycles. The molecule has 0 atom stereocenters. The van der Waals surface area contributed by atoms with E-state index < -0.39 is 5.97 Å². The largest absolute Gasteiger partial charge is 0.478 e. The van der Waals surface area contributed by atoms with Gasteiger partial charge in [-0.1, -0.05) is 46.3 Å². The third-order valence-electron chi connectivity index (χ3n) is 2.69. The molecule has 20 heavy (non-hydrogen) atoms. The molecule has 102 valence electrons. The molecule has 2 N–H and O–H groups in total. The first-order valence-corrected chi connectivity index (χ1v) is 6.72. The van der Waals surface area contributed by atoms with E-state index in [2.05, 4.69) is 21.2 Å². The normalized spacial score (nSPS) is 10.1. The van der Waals surface area contributed by atoms with Crippen molar-refractivity contribution >= 4 is 33.5 Å². The van der Waals surface area contributed by atoms with Crippen LogP contribution in [0.3, 0.4) is 0 Å². The molecule has 0 bridgehead atoms. The maximum atomic E-state index is 11.9. The second kappa shape index (κ2) is 6.34. The number of carbonyl (C=O) groups is 2. The summed E-state index contributed by atoms with van der Waals surface area (Å²) in [4.78, 5) is 23.1. The quantitative estimate of drug-likeness (QED) is 0.901. The van der Waals surface area contributed by atoms with E-state index in [1.165, 1.54) is 6.07 Å². The van der Waals surface area contributed by atoms with E-state index in [0.29, 0.717) is 4.47 Å². The monoisotopic (exact) mass is 333 g/mol. The van der Waals surface area contributed by atoms with E-state index in [1.54, 1.807) is 12.1 Å². The maximum absolute atomic E-state index is 11.9. The van der Waals surface area contributed by atoms with E-state index in [9.17, 15) is 9.59 Å². The second-order valence-corrected chi connectivity index (χ2v) is 5.12. The van der Waals surface area contributed by atoms with Crippen LogP contribution < -0.4 is 5.32 Å². The van der Waals surface area contributed by atoms with Gasteiger partial charge in [-0.3, -0.25) is 4.79 Å². The molecule has 0 aliphatic rings. The molecular weight excluding hydrogens is 322 g/mol. The smallest absolute Gasteiger partial charge is 0.337 e. The van der Waals surface area contributed by atoms with Crippen molar-refractivity contribution in [2.24, 2.45) is 0 Å². The minimum atomic E-state index is -1.08. The lowest BCUT2D eigenvalue weighted by Crippen LogP contribution is -2.16. The highest BCUT2D eigenvalue weighted by Crippen LogP contribution is 2.21. The molecule has 2 aromatic rings. The molecule has 5 heteroatoms. The van der Waals surface area contributed by atoms with Crippen LogP contribution in [-0.2, 0) is 11.2 Å². The van der Waals surface area contributed by atoms with Crippen molar-refractivity contribution in [2.45, 2.75) is 6.42 Å². The zero-order valence-electron chi connectivity index (χ0n) is 10.5. The molecule has 2 rings (SSSR count). The highest BCUT2D eigenvalue weighted by Gasteiger charge is 2.13. The predicted molar refractivity (Wildman–Crippen MR) is 79.9 cm³/mol. The number of hydrogen-bond donors (Lipinski definition) is 2. The molecule has 1 amide bonds. The lowest BCUT2D eigenvalue weighted by molar-refractivity contribution is -0.115. The Bertz CT molecular complexity index is 641. The topological polar surface area (TPSA) is 66.4 Å². The van der Waals surface area contributed by atoms with Crippen LogP contribution in [0.2, 0.25) is 0 Å². The summed E-state index contributed by atoms with van der Waals surface area (Å²) in [5.74, 6) is -1.33. The van der Waals surface area contributed by atoms with Crippen LogP contribution in [0.5, 0.6) is 0 Å². The van der Waals surface area contributed by atoms with Crippen LogP contribution in [0.15, 0.2) is 53.0 Å². The number of hydrogen-bond acceptors (Lipinski definition) is 2. The van der Waals surface area contributed by atoms with E-state index in [1.807, 2.05) is 30.3 Å². The molecule has 0 saturated heterocycles. The Morgan fingerprint density at radius 2 is 1.80 bits per heavy atom. The van der Waals surface area contributed by atoms with Gasteiger partial charge in [0.25, 0.3) is 0 Å². The van der Waals surface area contributed by atoms with Crippen LogP contribution >= 0.6 is 15.9 Å². The average Bonchev–Trinajstić information content (AvgIpc) is 2.39. The summed E-state index contributed by atoms with van der Waals surface area (Å²) >= 11 is 3.26. The zero-order valence-corrected chi connectivity index (χ0v) is 12.1. The van der Waals surface area contributed by atoms with Crippen LogP contribution in [-0.4, -0.2) is 17.0 Å².